The third-order valence-corrected chi connectivity index (χ3v) is 3.37. The van der Waals surface area contributed by atoms with E-state index in [0.29, 0.717) is 5.56 Å². The first-order chi connectivity index (χ1) is 8.06. The number of likely N-dealkylation sites (tertiary alicyclic amines) is 1. The number of imide groups is 1. The molecule has 0 N–H and O–H groups in total. The molecular weight excluding hydrogens is 214 g/mol. The van der Waals surface area contributed by atoms with E-state index >= 15 is 0 Å². The van der Waals surface area contributed by atoms with E-state index in [1.807, 2.05) is 26.0 Å². The van der Waals surface area contributed by atoms with Crippen LogP contribution in [0.4, 0.5) is 0 Å². The zero-order chi connectivity index (χ0) is 12.6. The molecule has 1 saturated heterocycles. The fraction of sp³-hybridized carbons (Fsp3) is 0.286. The van der Waals surface area contributed by atoms with Gasteiger partial charge in [-0.1, -0.05) is 31.7 Å². The Hall–Kier alpha value is -1.90. The van der Waals surface area contributed by atoms with Crippen LogP contribution in [0, 0.1) is 5.92 Å². The van der Waals surface area contributed by atoms with Gasteiger partial charge in [0.05, 0.1) is 5.92 Å². The maximum Gasteiger partial charge on any atom is 0.260 e. The van der Waals surface area contributed by atoms with Crippen LogP contribution in [0.3, 0.4) is 0 Å². The molecule has 1 heterocycles. The zero-order valence-corrected chi connectivity index (χ0v) is 10.0. The van der Waals surface area contributed by atoms with Crippen LogP contribution in [-0.4, -0.2) is 22.8 Å². The van der Waals surface area contributed by atoms with Gasteiger partial charge in [-0.2, -0.15) is 0 Å². The van der Waals surface area contributed by atoms with Crippen LogP contribution in [0.5, 0.6) is 0 Å². The topological polar surface area (TPSA) is 37.4 Å². The van der Waals surface area contributed by atoms with Crippen LogP contribution in [0.15, 0.2) is 30.8 Å². The van der Waals surface area contributed by atoms with Gasteiger partial charge in [-0.05, 0) is 24.6 Å². The molecule has 0 aliphatic carbocycles. The van der Waals surface area contributed by atoms with E-state index in [0.717, 1.165) is 5.56 Å². The van der Waals surface area contributed by atoms with Crippen molar-refractivity contribution >= 4 is 17.9 Å². The van der Waals surface area contributed by atoms with E-state index in [-0.39, 0.29) is 23.8 Å². The Morgan fingerprint density at radius 1 is 1.29 bits per heavy atom. The molecule has 0 bridgehead atoms. The highest BCUT2D eigenvalue weighted by Crippen LogP contribution is 2.27. The molecule has 1 aliphatic heterocycles. The van der Waals surface area contributed by atoms with Gasteiger partial charge in [0.15, 0.2) is 0 Å². The fourth-order valence-electron chi connectivity index (χ4n) is 1.95. The van der Waals surface area contributed by atoms with Crippen molar-refractivity contribution in [3.8, 4) is 0 Å². The molecule has 17 heavy (non-hydrogen) atoms. The summed E-state index contributed by atoms with van der Waals surface area (Å²) in [5.74, 6) is -0.349. The van der Waals surface area contributed by atoms with Gasteiger partial charge in [0.2, 0.25) is 5.91 Å². The molecule has 1 aliphatic rings. The minimum atomic E-state index is -0.212. The van der Waals surface area contributed by atoms with Crippen molar-refractivity contribution in [1.29, 1.82) is 0 Å². The van der Waals surface area contributed by atoms with Gasteiger partial charge < -0.3 is 0 Å². The van der Waals surface area contributed by atoms with Crippen LogP contribution < -0.4 is 0 Å². The number of β-lactam (4-membered cyclic amide) rings is 1. The van der Waals surface area contributed by atoms with E-state index < -0.39 is 0 Å². The van der Waals surface area contributed by atoms with E-state index in [9.17, 15) is 9.59 Å². The average Bonchev–Trinajstić information content (AvgIpc) is 2.38. The molecule has 0 aromatic heterocycles. The lowest BCUT2D eigenvalue weighted by atomic mass is 9.90. The highest BCUT2D eigenvalue weighted by Gasteiger charge is 2.44. The summed E-state index contributed by atoms with van der Waals surface area (Å²) in [5.41, 5.74) is 1.50. The maximum atomic E-state index is 12.1. The summed E-state index contributed by atoms with van der Waals surface area (Å²) in [6.07, 6.45) is 1.72. The first-order valence-corrected chi connectivity index (χ1v) is 5.66. The van der Waals surface area contributed by atoms with Crippen molar-refractivity contribution in [1.82, 2.24) is 4.90 Å². The number of amides is 2. The Labute approximate surface area is 101 Å². The number of carbonyl (C=O) groups is 2. The van der Waals surface area contributed by atoms with Crippen molar-refractivity contribution < 1.29 is 9.59 Å². The number of rotatable bonds is 2. The fourth-order valence-corrected chi connectivity index (χ4v) is 1.95. The van der Waals surface area contributed by atoms with Crippen LogP contribution in [-0.2, 0) is 4.79 Å². The quantitative estimate of drug-likeness (QED) is 0.576. The van der Waals surface area contributed by atoms with Crippen LogP contribution in [0.2, 0.25) is 0 Å². The van der Waals surface area contributed by atoms with Crippen molar-refractivity contribution in [3.63, 3.8) is 0 Å². The van der Waals surface area contributed by atoms with Gasteiger partial charge in [0.25, 0.3) is 5.91 Å². The smallest absolute Gasteiger partial charge is 0.260 e. The summed E-state index contributed by atoms with van der Waals surface area (Å²) < 4.78 is 0. The third kappa shape index (κ3) is 1.78. The average molecular weight is 229 g/mol. The molecule has 2 unspecified atom stereocenters. The van der Waals surface area contributed by atoms with Gasteiger partial charge in [0.1, 0.15) is 0 Å². The molecule has 88 valence electrons. The third-order valence-electron chi connectivity index (χ3n) is 3.37. The van der Waals surface area contributed by atoms with Gasteiger partial charge in [0, 0.05) is 11.6 Å². The number of benzene rings is 1. The number of hydrogen-bond donors (Lipinski definition) is 0. The molecule has 1 aromatic carbocycles. The summed E-state index contributed by atoms with van der Waals surface area (Å²) in [6.45, 7) is 7.39. The van der Waals surface area contributed by atoms with E-state index in [1.54, 1.807) is 18.2 Å². The number of carbonyl (C=O) groups excluding carboxylic acids is 2. The first kappa shape index (κ1) is 11.6. The highest BCUT2D eigenvalue weighted by molar-refractivity contribution is 6.09. The molecule has 0 radical (unpaired) electrons. The molecule has 0 saturated carbocycles. The number of hydrogen-bond acceptors (Lipinski definition) is 2. The summed E-state index contributed by atoms with van der Waals surface area (Å²) in [4.78, 5) is 25.0. The standard InChI is InChI=1S/C14H15NO2/c1-4-11-5-7-12(8-6-11)14(17)15-10(3)9(2)13(15)16/h4-10H,1H2,2-3H3. The summed E-state index contributed by atoms with van der Waals surface area (Å²) >= 11 is 0. The summed E-state index contributed by atoms with van der Waals surface area (Å²) in [6, 6.07) is 7.08. The van der Waals surface area contributed by atoms with E-state index in [1.165, 1.54) is 4.90 Å². The molecule has 2 atom stereocenters. The molecule has 1 fully saturated rings. The van der Waals surface area contributed by atoms with Gasteiger partial charge in [-0.15, -0.1) is 0 Å². The van der Waals surface area contributed by atoms with Gasteiger partial charge in [-0.25, -0.2) is 0 Å². The van der Waals surface area contributed by atoms with E-state index in [2.05, 4.69) is 6.58 Å². The lowest BCUT2D eigenvalue weighted by Crippen LogP contribution is -2.60. The molecule has 3 nitrogen and oxygen atoms in total. The van der Waals surface area contributed by atoms with E-state index in [4.69, 9.17) is 0 Å². The lowest BCUT2D eigenvalue weighted by Gasteiger charge is -2.42. The molecule has 2 rings (SSSR count). The lowest BCUT2D eigenvalue weighted by molar-refractivity contribution is -0.148. The minimum absolute atomic E-state index is 0.00548. The Morgan fingerprint density at radius 3 is 2.35 bits per heavy atom. The van der Waals surface area contributed by atoms with Crippen LogP contribution in [0.25, 0.3) is 6.08 Å². The Balaban J connectivity index is 2.20. The van der Waals surface area contributed by atoms with Crippen molar-refractivity contribution in [2.24, 2.45) is 5.92 Å². The Morgan fingerprint density at radius 2 is 1.88 bits per heavy atom. The Bertz CT molecular complexity index is 476. The summed E-state index contributed by atoms with van der Waals surface area (Å²) in [5, 5.41) is 0. The zero-order valence-electron chi connectivity index (χ0n) is 10.0. The van der Waals surface area contributed by atoms with Crippen molar-refractivity contribution in [3.05, 3.63) is 42.0 Å². The maximum absolute atomic E-state index is 12.1. The second kappa shape index (κ2) is 4.17. The normalized spacial score (nSPS) is 23.2. The highest BCUT2D eigenvalue weighted by atomic mass is 16.2. The second-order valence-electron chi connectivity index (χ2n) is 4.37. The molecule has 1 aromatic rings. The van der Waals surface area contributed by atoms with Gasteiger partial charge >= 0.3 is 0 Å². The molecule has 2 amide bonds. The van der Waals surface area contributed by atoms with Crippen LogP contribution >= 0.6 is 0 Å². The molecular formula is C14H15NO2. The first-order valence-electron chi connectivity index (χ1n) is 5.66. The predicted octanol–water partition coefficient (Wildman–Crippen LogP) is 2.34. The largest absolute Gasteiger partial charge is 0.275 e. The molecule has 0 spiro atoms. The monoisotopic (exact) mass is 229 g/mol. The Kier molecular flexibility index (Phi) is 2.84. The van der Waals surface area contributed by atoms with Gasteiger partial charge in [-0.3, -0.25) is 14.5 Å². The number of nitrogens with zero attached hydrogens (tertiary/aromatic N) is 1. The SMILES string of the molecule is C=Cc1ccc(C(=O)N2C(=O)C(C)C2C)cc1. The minimum Gasteiger partial charge on any atom is -0.275 e. The molecule has 3 heteroatoms. The predicted molar refractivity (Wildman–Crippen MR) is 66.3 cm³/mol. The van der Waals surface area contributed by atoms with Crippen molar-refractivity contribution in [2.45, 2.75) is 19.9 Å². The van der Waals surface area contributed by atoms with Crippen molar-refractivity contribution in [2.75, 3.05) is 0 Å². The van der Waals surface area contributed by atoms with Crippen LogP contribution in [0.1, 0.15) is 29.8 Å². The second-order valence-corrected chi connectivity index (χ2v) is 4.37. The summed E-state index contributed by atoms with van der Waals surface area (Å²) in [7, 11) is 0.